The van der Waals surface area contributed by atoms with Crippen molar-refractivity contribution in [1.82, 2.24) is 9.88 Å². The summed E-state index contributed by atoms with van der Waals surface area (Å²) in [6.45, 7) is 14.9. The van der Waals surface area contributed by atoms with Crippen LogP contribution in [0.3, 0.4) is 0 Å². The molecule has 118 valence electrons. The van der Waals surface area contributed by atoms with Gasteiger partial charge in [-0.05, 0) is 37.8 Å². The van der Waals surface area contributed by atoms with E-state index in [0.717, 1.165) is 36.7 Å². The zero-order valence-electron chi connectivity index (χ0n) is 14.2. The molecule has 0 aliphatic carbocycles. The average molecular weight is 291 g/mol. The number of nitrogens with one attached hydrogen (secondary N) is 1. The fourth-order valence-electron chi connectivity index (χ4n) is 2.37. The Labute approximate surface area is 129 Å². The Hall–Kier alpha value is -1.58. The first kappa shape index (κ1) is 17.5. The van der Waals surface area contributed by atoms with Gasteiger partial charge in [0.1, 0.15) is 5.82 Å². The monoisotopic (exact) mass is 291 g/mol. The van der Waals surface area contributed by atoms with Crippen LogP contribution >= 0.6 is 0 Å². The van der Waals surface area contributed by atoms with Gasteiger partial charge in [-0.25, -0.2) is 4.98 Å². The number of aryl methyl sites for hydroxylation is 1. The molecular weight excluding hydrogens is 262 g/mol. The molecule has 0 aliphatic heterocycles. The fraction of sp³-hybridized carbons (Fsp3) is 0.647. The topological polar surface area (TPSA) is 45.2 Å². The minimum Gasteiger partial charge on any atom is -0.370 e. The van der Waals surface area contributed by atoms with E-state index >= 15 is 0 Å². The molecule has 4 nitrogen and oxygen atoms in total. The molecule has 21 heavy (non-hydrogen) atoms. The quantitative estimate of drug-likeness (QED) is 0.835. The van der Waals surface area contributed by atoms with Crippen LogP contribution < -0.4 is 5.32 Å². The summed E-state index contributed by atoms with van der Waals surface area (Å²) in [5.41, 5.74) is 1.59. The number of aromatic nitrogens is 1. The summed E-state index contributed by atoms with van der Waals surface area (Å²) in [6, 6.07) is 3.73. The normalized spacial score (nSPS) is 11.0. The molecule has 0 aromatic carbocycles. The van der Waals surface area contributed by atoms with Gasteiger partial charge in [-0.15, -0.1) is 0 Å². The highest BCUT2D eigenvalue weighted by Gasteiger charge is 2.19. The first-order valence-electron chi connectivity index (χ1n) is 7.85. The van der Waals surface area contributed by atoms with Gasteiger partial charge in [0.15, 0.2) is 0 Å². The maximum absolute atomic E-state index is 12.8. The molecular formula is C17H29N3O. The van der Waals surface area contributed by atoms with Gasteiger partial charge >= 0.3 is 0 Å². The van der Waals surface area contributed by atoms with Gasteiger partial charge in [0.05, 0.1) is 0 Å². The Bertz CT molecular complexity index is 459. The Kier molecular flexibility index (Phi) is 6.66. The lowest BCUT2D eigenvalue weighted by Crippen LogP contribution is -2.37. The van der Waals surface area contributed by atoms with Crippen molar-refractivity contribution in [2.24, 2.45) is 11.8 Å². The summed E-state index contributed by atoms with van der Waals surface area (Å²) >= 11 is 0. The van der Waals surface area contributed by atoms with Crippen LogP contribution in [0.2, 0.25) is 0 Å². The van der Waals surface area contributed by atoms with Crippen molar-refractivity contribution >= 4 is 11.7 Å². The Balaban J connectivity index is 3.01. The van der Waals surface area contributed by atoms with E-state index in [1.807, 2.05) is 30.9 Å². The van der Waals surface area contributed by atoms with Crippen LogP contribution in [0, 0.1) is 18.8 Å². The van der Waals surface area contributed by atoms with Gasteiger partial charge in [0.2, 0.25) is 0 Å². The number of nitrogens with zero attached hydrogens (tertiary/aromatic N) is 2. The number of rotatable bonds is 7. The van der Waals surface area contributed by atoms with E-state index in [0.29, 0.717) is 11.8 Å². The van der Waals surface area contributed by atoms with Crippen molar-refractivity contribution in [2.45, 2.75) is 41.5 Å². The maximum Gasteiger partial charge on any atom is 0.254 e. The second-order valence-electron chi connectivity index (χ2n) is 6.41. The lowest BCUT2D eigenvalue weighted by Gasteiger charge is -2.26. The molecule has 0 fully saturated rings. The molecule has 0 spiro atoms. The largest absolute Gasteiger partial charge is 0.370 e. The number of hydrogen-bond donors (Lipinski definition) is 1. The number of carbonyl (C=O) groups excluding carboxylic acids is 1. The number of hydrogen-bond acceptors (Lipinski definition) is 3. The zero-order valence-corrected chi connectivity index (χ0v) is 14.2. The van der Waals surface area contributed by atoms with E-state index in [9.17, 15) is 4.79 Å². The van der Waals surface area contributed by atoms with Gasteiger partial charge < -0.3 is 10.2 Å². The van der Waals surface area contributed by atoms with Crippen LogP contribution in [0.1, 0.15) is 50.7 Å². The molecule has 0 saturated carbocycles. The van der Waals surface area contributed by atoms with Gasteiger partial charge in [0.25, 0.3) is 5.91 Å². The standard InChI is InChI=1S/C17H29N3O/c1-7-18-16-9-15(8-14(6)19-16)17(21)20(10-12(2)3)11-13(4)5/h8-9,12-13H,7,10-11H2,1-6H3,(H,18,19). The molecule has 0 radical (unpaired) electrons. The van der Waals surface area contributed by atoms with Crippen LogP contribution in [0.25, 0.3) is 0 Å². The predicted molar refractivity (Wildman–Crippen MR) is 88.7 cm³/mol. The van der Waals surface area contributed by atoms with Crippen LogP contribution in [0.5, 0.6) is 0 Å². The Morgan fingerprint density at radius 2 is 1.76 bits per heavy atom. The number of pyridine rings is 1. The minimum absolute atomic E-state index is 0.0991. The lowest BCUT2D eigenvalue weighted by atomic mass is 10.1. The SMILES string of the molecule is CCNc1cc(C(=O)N(CC(C)C)CC(C)C)cc(C)n1. The third-order valence-corrected chi connectivity index (χ3v) is 3.02. The second kappa shape index (κ2) is 8.01. The van der Waals surface area contributed by atoms with E-state index in [-0.39, 0.29) is 5.91 Å². The van der Waals surface area contributed by atoms with Crippen LogP contribution in [0.15, 0.2) is 12.1 Å². The highest BCUT2D eigenvalue weighted by molar-refractivity contribution is 5.95. The number of anilines is 1. The molecule has 0 atom stereocenters. The molecule has 1 aromatic heterocycles. The zero-order chi connectivity index (χ0) is 16.0. The van der Waals surface area contributed by atoms with Crippen molar-refractivity contribution < 1.29 is 4.79 Å². The molecule has 4 heteroatoms. The van der Waals surface area contributed by atoms with Crippen LogP contribution in [0.4, 0.5) is 5.82 Å². The van der Waals surface area contributed by atoms with E-state index in [1.54, 1.807) is 0 Å². The maximum atomic E-state index is 12.8. The second-order valence-corrected chi connectivity index (χ2v) is 6.41. The van der Waals surface area contributed by atoms with Crippen molar-refractivity contribution in [1.29, 1.82) is 0 Å². The van der Waals surface area contributed by atoms with Crippen molar-refractivity contribution in [3.63, 3.8) is 0 Å². The van der Waals surface area contributed by atoms with E-state index < -0.39 is 0 Å². The van der Waals surface area contributed by atoms with E-state index in [4.69, 9.17) is 0 Å². The van der Waals surface area contributed by atoms with Crippen molar-refractivity contribution in [3.05, 3.63) is 23.4 Å². The van der Waals surface area contributed by atoms with Crippen molar-refractivity contribution in [3.8, 4) is 0 Å². The average Bonchev–Trinajstić information content (AvgIpc) is 2.35. The summed E-state index contributed by atoms with van der Waals surface area (Å²) in [7, 11) is 0. The first-order chi connectivity index (χ1) is 9.83. The van der Waals surface area contributed by atoms with Gasteiger partial charge in [-0.1, -0.05) is 27.7 Å². The molecule has 1 amide bonds. The molecule has 0 saturated heterocycles. The van der Waals surface area contributed by atoms with Gasteiger partial charge in [-0.2, -0.15) is 0 Å². The predicted octanol–water partition coefficient (Wildman–Crippen LogP) is 3.58. The smallest absolute Gasteiger partial charge is 0.254 e. The first-order valence-corrected chi connectivity index (χ1v) is 7.85. The molecule has 0 unspecified atom stereocenters. The Morgan fingerprint density at radius 3 is 2.24 bits per heavy atom. The highest BCUT2D eigenvalue weighted by atomic mass is 16.2. The Morgan fingerprint density at radius 1 is 1.19 bits per heavy atom. The molecule has 1 heterocycles. The summed E-state index contributed by atoms with van der Waals surface area (Å²) in [5.74, 6) is 1.80. The molecule has 1 aromatic rings. The third kappa shape index (κ3) is 5.74. The van der Waals surface area contributed by atoms with Gasteiger partial charge in [0, 0.05) is 30.9 Å². The van der Waals surface area contributed by atoms with Crippen molar-refractivity contribution in [2.75, 3.05) is 25.0 Å². The molecule has 0 aliphatic rings. The highest BCUT2D eigenvalue weighted by Crippen LogP contribution is 2.15. The van der Waals surface area contributed by atoms with Crippen LogP contribution in [-0.4, -0.2) is 35.4 Å². The third-order valence-electron chi connectivity index (χ3n) is 3.02. The van der Waals surface area contributed by atoms with Gasteiger partial charge in [-0.3, -0.25) is 4.79 Å². The minimum atomic E-state index is 0.0991. The molecule has 1 N–H and O–H groups in total. The molecule has 0 bridgehead atoms. The number of amides is 1. The summed E-state index contributed by atoms with van der Waals surface area (Å²) in [5, 5.41) is 3.18. The molecule has 1 rings (SSSR count). The summed E-state index contributed by atoms with van der Waals surface area (Å²) in [6.07, 6.45) is 0. The summed E-state index contributed by atoms with van der Waals surface area (Å²) < 4.78 is 0. The summed E-state index contributed by atoms with van der Waals surface area (Å²) in [4.78, 5) is 19.2. The van der Waals surface area contributed by atoms with E-state index in [1.165, 1.54) is 0 Å². The lowest BCUT2D eigenvalue weighted by molar-refractivity contribution is 0.0715. The fourth-order valence-corrected chi connectivity index (χ4v) is 2.37. The van der Waals surface area contributed by atoms with Crippen LogP contribution in [-0.2, 0) is 0 Å². The number of carbonyl (C=O) groups is 1. The van der Waals surface area contributed by atoms with E-state index in [2.05, 4.69) is 38.0 Å².